The maximum Gasteiger partial charge on any atom is 0.160 e. The van der Waals surface area contributed by atoms with Gasteiger partial charge in [0, 0.05) is 10.8 Å². The predicted molar refractivity (Wildman–Crippen MR) is 159 cm³/mol. The Labute approximate surface area is 245 Å². The summed E-state index contributed by atoms with van der Waals surface area (Å²) in [7, 11) is 6.10. The van der Waals surface area contributed by atoms with E-state index in [4.69, 9.17) is 18.9 Å². The molecule has 0 spiro atoms. The van der Waals surface area contributed by atoms with Crippen LogP contribution in [0.5, 0.6) is 46.0 Å². The molecule has 4 aromatic carbocycles. The molecular formula is C34H36O8. The van der Waals surface area contributed by atoms with Gasteiger partial charge in [0.05, 0.1) is 28.4 Å². The molecule has 0 aromatic heterocycles. The minimum absolute atomic E-state index is 0.0530. The number of aromatic hydroxyl groups is 4. The standard InChI is InChI=1S/C34H36O8/c1-39-29-17-21(5-9-25(29)35)33(22-6-10-26(36)30(18-22)40-2)13-15-34(16-14-33,23-7-11-27(37)31(19-23)41-3)24-8-12-28(38)32(20-24)42-4/h5-12,17-20,35-38H,13-16H2,1-4H3. The number of rotatable bonds is 8. The molecule has 220 valence electrons. The van der Waals surface area contributed by atoms with Gasteiger partial charge in [0.25, 0.3) is 0 Å². The predicted octanol–water partition coefficient (Wildman–Crippen LogP) is 6.39. The summed E-state index contributed by atoms with van der Waals surface area (Å²) in [5.41, 5.74) is 2.81. The first-order chi connectivity index (χ1) is 20.2. The Balaban J connectivity index is 1.70. The number of hydrogen-bond acceptors (Lipinski definition) is 8. The molecule has 0 unspecified atom stereocenters. The Morgan fingerprint density at radius 2 is 0.619 bits per heavy atom. The van der Waals surface area contributed by atoms with Crippen LogP contribution in [0.25, 0.3) is 0 Å². The third-order valence-corrected chi connectivity index (χ3v) is 8.89. The molecule has 0 heterocycles. The van der Waals surface area contributed by atoms with Gasteiger partial charge in [-0.05, 0) is 96.5 Å². The molecule has 42 heavy (non-hydrogen) atoms. The zero-order valence-electron chi connectivity index (χ0n) is 24.2. The second-order valence-electron chi connectivity index (χ2n) is 10.7. The molecule has 0 atom stereocenters. The van der Waals surface area contributed by atoms with Crippen molar-refractivity contribution in [2.75, 3.05) is 28.4 Å². The molecule has 8 nitrogen and oxygen atoms in total. The molecule has 0 amide bonds. The Hall–Kier alpha value is -4.72. The summed E-state index contributed by atoms with van der Waals surface area (Å²) < 4.78 is 21.9. The van der Waals surface area contributed by atoms with Gasteiger partial charge in [-0.15, -0.1) is 0 Å². The molecule has 4 N–H and O–H groups in total. The fourth-order valence-electron chi connectivity index (χ4n) is 6.49. The lowest BCUT2D eigenvalue weighted by Crippen LogP contribution is -2.41. The quantitative estimate of drug-likeness (QED) is 0.192. The van der Waals surface area contributed by atoms with E-state index in [1.165, 1.54) is 28.4 Å². The lowest BCUT2D eigenvalue weighted by Gasteiger charge is -2.48. The number of phenols is 4. The molecule has 4 aromatic rings. The van der Waals surface area contributed by atoms with E-state index in [1.807, 2.05) is 48.5 Å². The van der Waals surface area contributed by atoms with E-state index in [0.717, 1.165) is 22.3 Å². The van der Waals surface area contributed by atoms with Crippen LogP contribution in [0.15, 0.2) is 72.8 Å². The number of phenolic OH excluding ortho intramolecular Hbond substituents is 4. The van der Waals surface area contributed by atoms with Crippen molar-refractivity contribution in [1.82, 2.24) is 0 Å². The van der Waals surface area contributed by atoms with Gasteiger partial charge in [0.2, 0.25) is 0 Å². The van der Waals surface area contributed by atoms with Gasteiger partial charge >= 0.3 is 0 Å². The van der Waals surface area contributed by atoms with Gasteiger partial charge in [0.1, 0.15) is 0 Å². The van der Waals surface area contributed by atoms with Crippen molar-refractivity contribution >= 4 is 0 Å². The molecule has 5 rings (SSSR count). The van der Waals surface area contributed by atoms with Crippen LogP contribution in [0, 0.1) is 0 Å². The summed E-state index contributed by atoms with van der Waals surface area (Å²) in [6, 6.07) is 21.7. The SMILES string of the molecule is COc1cc(C2(c3ccc(O)c(OC)c3)CCC(c3ccc(O)c(OC)c3)(c3ccc(O)c(OC)c3)CC2)ccc1O. The first-order valence-corrected chi connectivity index (χ1v) is 13.7. The monoisotopic (exact) mass is 572 g/mol. The van der Waals surface area contributed by atoms with E-state index in [-0.39, 0.29) is 23.0 Å². The average Bonchev–Trinajstić information content (AvgIpc) is 3.02. The summed E-state index contributed by atoms with van der Waals surface area (Å²) in [6.45, 7) is 0. The topological polar surface area (TPSA) is 118 Å². The Morgan fingerprint density at radius 1 is 0.405 bits per heavy atom. The molecule has 0 radical (unpaired) electrons. The second-order valence-corrected chi connectivity index (χ2v) is 10.7. The van der Waals surface area contributed by atoms with Crippen LogP contribution in [0.2, 0.25) is 0 Å². The van der Waals surface area contributed by atoms with E-state index < -0.39 is 10.8 Å². The summed E-state index contributed by atoms with van der Waals surface area (Å²) in [5.74, 6) is 1.72. The molecule has 1 saturated carbocycles. The lowest BCUT2D eigenvalue weighted by molar-refractivity contribution is 0.253. The minimum Gasteiger partial charge on any atom is -0.504 e. The fraction of sp³-hybridized carbons (Fsp3) is 0.294. The third-order valence-electron chi connectivity index (χ3n) is 8.89. The summed E-state index contributed by atoms with van der Waals surface area (Å²) in [4.78, 5) is 0. The molecule has 0 aliphatic heterocycles. The second kappa shape index (κ2) is 11.3. The zero-order valence-corrected chi connectivity index (χ0v) is 24.2. The smallest absolute Gasteiger partial charge is 0.160 e. The summed E-state index contributed by atoms with van der Waals surface area (Å²) in [5, 5.41) is 41.6. The number of hydrogen-bond donors (Lipinski definition) is 4. The van der Waals surface area contributed by atoms with Gasteiger partial charge in [-0.1, -0.05) is 24.3 Å². The first-order valence-electron chi connectivity index (χ1n) is 13.7. The zero-order chi connectivity index (χ0) is 30.1. The van der Waals surface area contributed by atoms with Crippen LogP contribution in [-0.2, 0) is 10.8 Å². The molecule has 1 aliphatic carbocycles. The number of methoxy groups -OCH3 is 4. The largest absolute Gasteiger partial charge is 0.504 e. The van der Waals surface area contributed by atoms with Crippen LogP contribution in [0.4, 0.5) is 0 Å². The van der Waals surface area contributed by atoms with Gasteiger partial charge in [-0.3, -0.25) is 0 Å². The van der Waals surface area contributed by atoms with Crippen LogP contribution in [-0.4, -0.2) is 48.9 Å². The van der Waals surface area contributed by atoms with Crippen molar-refractivity contribution in [2.45, 2.75) is 36.5 Å². The highest BCUT2D eigenvalue weighted by atomic mass is 16.5. The van der Waals surface area contributed by atoms with Crippen molar-refractivity contribution in [3.05, 3.63) is 95.1 Å². The van der Waals surface area contributed by atoms with Crippen LogP contribution in [0.1, 0.15) is 47.9 Å². The highest BCUT2D eigenvalue weighted by Crippen LogP contribution is 2.56. The summed E-state index contributed by atoms with van der Waals surface area (Å²) in [6.07, 6.45) is 2.67. The first kappa shape index (κ1) is 28.8. The van der Waals surface area contributed by atoms with Crippen molar-refractivity contribution in [3.63, 3.8) is 0 Å². The highest BCUT2D eigenvalue weighted by molar-refractivity contribution is 5.56. The van der Waals surface area contributed by atoms with E-state index >= 15 is 0 Å². The van der Waals surface area contributed by atoms with E-state index in [9.17, 15) is 20.4 Å². The van der Waals surface area contributed by atoms with Crippen molar-refractivity contribution in [2.24, 2.45) is 0 Å². The minimum atomic E-state index is -0.520. The number of benzene rings is 4. The number of ether oxygens (including phenoxy) is 4. The molecule has 1 fully saturated rings. The summed E-state index contributed by atoms with van der Waals surface area (Å²) >= 11 is 0. The van der Waals surface area contributed by atoms with Gasteiger partial charge < -0.3 is 39.4 Å². The van der Waals surface area contributed by atoms with Crippen molar-refractivity contribution in [1.29, 1.82) is 0 Å². The van der Waals surface area contributed by atoms with E-state index in [2.05, 4.69) is 0 Å². The average molecular weight is 573 g/mol. The maximum atomic E-state index is 10.4. The van der Waals surface area contributed by atoms with Crippen LogP contribution in [0.3, 0.4) is 0 Å². The molecule has 0 saturated heterocycles. The molecule has 0 bridgehead atoms. The maximum absolute atomic E-state index is 10.4. The van der Waals surface area contributed by atoms with E-state index in [1.54, 1.807) is 24.3 Å². The van der Waals surface area contributed by atoms with Crippen LogP contribution < -0.4 is 18.9 Å². The van der Waals surface area contributed by atoms with Gasteiger partial charge in [-0.2, -0.15) is 0 Å². The normalized spacial score (nSPS) is 15.5. The highest BCUT2D eigenvalue weighted by Gasteiger charge is 2.47. The Morgan fingerprint density at radius 3 is 0.810 bits per heavy atom. The molecule has 8 heteroatoms. The third kappa shape index (κ3) is 4.76. The Kier molecular flexibility index (Phi) is 7.73. The van der Waals surface area contributed by atoms with Gasteiger partial charge in [0.15, 0.2) is 46.0 Å². The van der Waals surface area contributed by atoms with Crippen molar-refractivity contribution in [3.8, 4) is 46.0 Å². The Bertz CT molecular complexity index is 1360. The molecular weight excluding hydrogens is 536 g/mol. The van der Waals surface area contributed by atoms with Crippen molar-refractivity contribution < 1.29 is 39.4 Å². The fourth-order valence-corrected chi connectivity index (χ4v) is 6.49. The van der Waals surface area contributed by atoms with E-state index in [0.29, 0.717) is 48.7 Å². The van der Waals surface area contributed by atoms with Gasteiger partial charge in [-0.25, -0.2) is 0 Å². The molecule has 1 aliphatic rings. The lowest BCUT2D eigenvalue weighted by atomic mass is 9.55. The van der Waals surface area contributed by atoms with Crippen LogP contribution >= 0.6 is 0 Å².